The van der Waals surface area contributed by atoms with Gasteiger partial charge in [0.1, 0.15) is 17.4 Å². The maximum absolute atomic E-state index is 12.8. The van der Waals surface area contributed by atoms with Crippen molar-refractivity contribution in [2.24, 2.45) is 5.41 Å². The third-order valence-corrected chi connectivity index (χ3v) is 5.85. The number of carboxylic acids is 1. The lowest BCUT2D eigenvalue weighted by molar-refractivity contribution is -0.137. The van der Waals surface area contributed by atoms with E-state index in [2.05, 4.69) is 41.3 Å². The first kappa shape index (κ1) is 22.8. The van der Waals surface area contributed by atoms with Crippen molar-refractivity contribution in [3.8, 4) is 0 Å². The van der Waals surface area contributed by atoms with Crippen molar-refractivity contribution in [1.82, 2.24) is 15.0 Å². The Morgan fingerprint density at radius 1 is 1.19 bits per heavy atom. The molecule has 0 aromatic carbocycles. The van der Waals surface area contributed by atoms with E-state index in [0.29, 0.717) is 17.8 Å². The summed E-state index contributed by atoms with van der Waals surface area (Å²) in [5, 5.41) is 12.6. The van der Waals surface area contributed by atoms with Crippen molar-refractivity contribution >= 4 is 17.6 Å². The number of anilines is 1. The lowest BCUT2D eigenvalue weighted by atomic mass is 9.80. The molecule has 7 heteroatoms. The van der Waals surface area contributed by atoms with Crippen LogP contribution >= 0.6 is 0 Å². The molecule has 3 rings (SSSR count). The highest BCUT2D eigenvalue weighted by Gasteiger charge is 2.26. The monoisotopic (exact) mass is 424 g/mol. The lowest BCUT2D eigenvalue weighted by Crippen LogP contribution is -2.21. The van der Waals surface area contributed by atoms with Crippen molar-refractivity contribution in [1.29, 1.82) is 0 Å². The van der Waals surface area contributed by atoms with Crippen LogP contribution in [0.15, 0.2) is 24.5 Å². The maximum atomic E-state index is 12.8. The number of hydrogen-bond donors (Lipinski definition) is 2. The Kier molecular flexibility index (Phi) is 7.36. The molecular formula is C24H32N4O3. The second-order valence-electron chi connectivity index (χ2n) is 9.28. The molecule has 0 amide bonds. The minimum Gasteiger partial charge on any atom is -0.481 e. The van der Waals surface area contributed by atoms with Crippen molar-refractivity contribution < 1.29 is 14.7 Å². The first-order valence-electron chi connectivity index (χ1n) is 11.0. The van der Waals surface area contributed by atoms with Gasteiger partial charge >= 0.3 is 5.97 Å². The Hall–Kier alpha value is -2.83. The second-order valence-corrected chi connectivity index (χ2v) is 9.28. The molecule has 0 saturated carbocycles. The van der Waals surface area contributed by atoms with E-state index in [4.69, 9.17) is 4.98 Å². The van der Waals surface area contributed by atoms with Gasteiger partial charge in [-0.3, -0.25) is 9.59 Å². The highest BCUT2D eigenvalue weighted by Crippen LogP contribution is 2.31. The van der Waals surface area contributed by atoms with E-state index < -0.39 is 11.9 Å². The molecule has 0 radical (unpaired) electrons. The summed E-state index contributed by atoms with van der Waals surface area (Å²) >= 11 is 0. The van der Waals surface area contributed by atoms with Gasteiger partial charge in [0.15, 0.2) is 0 Å². The molecule has 7 nitrogen and oxygen atoms in total. The van der Waals surface area contributed by atoms with E-state index in [0.717, 1.165) is 43.7 Å². The van der Waals surface area contributed by atoms with Crippen LogP contribution in [0.5, 0.6) is 0 Å². The number of ketones is 1. The van der Waals surface area contributed by atoms with Gasteiger partial charge in [0.25, 0.3) is 0 Å². The minimum absolute atomic E-state index is 0.0666. The molecule has 2 N–H and O–H groups in total. The summed E-state index contributed by atoms with van der Waals surface area (Å²) in [5.41, 5.74) is 2.81. The SMILES string of the molecule is Cc1ncc([C@H](CC(=O)O)CC(=O)CC(C)(C)CCc2ccc3c(n2)NCCC3)cn1. The van der Waals surface area contributed by atoms with Crippen LogP contribution in [0.1, 0.15) is 74.5 Å². The summed E-state index contributed by atoms with van der Waals surface area (Å²) in [5.74, 6) is 0.349. The van der Waals surface area contributed by atoms with Gasteiger partial charge in [-0.1, -0.05) is 19.9 Å². The largest absolute Gasteiger partial charge is 0.481 e. The van der Waals surface area contributed by atoms with Gasteiger partial charge in [0.2, 0.25) is 0 Å². The van der Waals surface area contributed by atoms with E-state index in [1.54, 1.807) is 19.3 Å². The number of carbonyl (C=O) groups excluding carboxylic acids is 1. The number of nitrogens with one attached hydrogen (secondary N) is 1. The quantitative estimate of drug-likeness (QED) is 0.591. The normalized spacial score (nSPS) is 14.4. The number of hydrogen-bond acceptors (Lipinski definition) is 6. The Balaban J connectivity index is 1.58. The average Bonchev–Trinajstić information content (AvgIpc) is 2.71. The van der Waals surface area contributed by atoms with Gasteiger partial charge in [-0.15, -0.1) is 0 Å². The summed E-state index contributed by atoms with van der Waals surface area (Å²) < 4.78 is 0. The summed E-state index contributed by atoms with van der Waals surface area (Å²) in [7, 11) is 0. The maximum Gasteiger partial charge on any atom is 0.303 e. The third kappa shape index (κ3) is 6.84. The molecule has 1 atom stereocenters. The highest BCUT2D eigenvalue weighted by atomic mass is 16.4. The van der Waals surface area contributed by atoms with Crippen molar-refractivity contribution in [3.05, 3.63) is 47.2 Å². The number of carboxylic acid groups (broad SMARTS) is 1. The summed E-state index contributed by atoms with van der Waals surface area (Å²) in [6.07, 6.45) is 7.59. The molecule has 0 bridgehead atoms. The van der Waals surface area contributed by atoms with Crippen molar-refractivity contribution in [3.63, 3.8) is 0 Å². The lowest BCUT2D eigenvalue weighted by Gasteiger charge is -2.25. The topological polar surface area (TPSA) is 105 Å². The smallest absolute Gasteiger partial charge is 0.303 e. The second kappa shape index (κ2) is 9.98. The van der Waals surface area contributed by atoms with Crippen LogP contribution < -0.4 is 5.32 Å². The number of nitrogens with zero attached hydrogens (tertiary/aromatic N) is 3. The van der Waals surface area contributed by atoms with Crippen LogP contribution in [0, 0.1) is 12.3 Å². The van der Waals surface area contributed by atoms with Crippen LogP contribution in [0.4, 0.5) is 5.82 Å². The number of aromatic nitrogens is 3. The third-order valence-electron chi connectivity index (χ3n) is 5.85. The molecule has 166 valence electrons. The predicted molar refractivity (Wildman–Crippen MR) is 119 cm³/mol. The van der Waals surface area contributed by atoms with Crippen LogP contribution in [-0.2, 0) is 22.4 Å². The van der Waals surface area contributed by atoms with Crippen LogP contribution in [-0.4, -0.2) is 38.4 Å². The van der Waals surface area contributed by atoms with Gasteiger partial charge in [-0.25, -0.2) is 15.0 Å². The Morgan fingerprint density at radius 3 is 2.65 bits per heavy atom. The van der Waals surface area contributed by atoms with Gasteiger partial charge in [-0.2, -0.15) is 0 Å². The number of aryl methyl sites for hydroxylation is 3. The van der Waals surface area contributed by atoms with Gasteiger partial charge in [0.05, 0.1) is 6.42 Å². The van der Waals surface area contributed by atoms with Crippen LogP contribution in [0.25, 0.3) is 0 Å². The zero-order valence-electron chi connectivity index (χ0n) is 18.6. The standard InChI is InChI=1S/C24H32N4O3/c1-16-26-14-19(15-27-16)18(12-22(30)31)11-21(29)13-24(2,3)9-8-20-7-6-17-5-4-10-25-23(17)28-20/h6-7,14-15,18H,4-5,8-13H2,1-3H3,(H,25,28)(H,30,31)/t18-/m0/s1. The minimum atomic E-state index is -0.926. The van der Waals surface area contributed by atoms with Crippen molar-refractivity contribution in [2.45, 2.75) is 71.6 Å². The summed E-state index contributed by atoms with van der Waals surface area (Å²) in [4.78, 5) is 37.2. The molecule has 0 aliphatic carbocycles. The Labute approximate surface area is 183 Å². The highest BCUT2D eigenvalue weighted by molar-refractivity contribution is 5.81. The van der Waals surface area contributed by atoms with Gasteiger partial charge < -0.3 is 10.4 Å². The first-order chi connectivity index (χ1) is 14.7. The van der Waals surface area contributed by atoms with E-state index in [-0.39, 0.29) is 24.0 Å². The first-order valence-corrected chi connectivity index (χ1v) is 11.0. The van der Waals surface area contributed by atoms with Crippen molar-refractivity contribution in [2.75, 3.05) is 11.9 Å². The molecule has 0 fully saturated rings. The molecular weight excluding hydrogens is 392 g/mol. The van der Waals surface area contributed by atoms with Gasteiger partial charge in [-0.05, 0) is 55.2 Å². The van der Waals surface area contributed by atoms with E-state index in [1.807, 2.05) is 0 Å². The molecule has 0 saturated heterocycles. The average molecular weight is 425 g/mol. The number of pyridine rings is 1. The molecule has 2 aromatic heterocycles. The predicted octanol–water partition coefficient (Wildman–Crippen LogP) is 4.10. The molecule has 3 heterocycles. The fourth-order valence-electron chi connectivity index (χ4n) is 4.08. The fraction of sp³-hybridized carbons (Fsp3) is 0.542. The fourth-order valence-corrected chi connectivity index (χ4v) is 4.08. The molecule has 0 spiro atoms. The number of Topliss-reactive ketones (excluding diaryl/α,β-unsaturated/α-hetero) is 1. The molecule has 0 unspecified atom stereocenters. The summed E-state index contributed by atoms with van der Waals surface area (Å²) in [6, 6.07) is 4.24. The van der Waals surface area contributed by atoms with Crippen LogP contribution in [0.2, 0.25) is 0 Å². The number of rotatable bonds is 10. The number of carbonyl (C=O) groups is 2. The molecule has 31 heavy (non-hydrogen) atoms. The van der Waals surface area contributed by atoms with E-state index in [1.165, 1.54) is 5.56 Å². The Bertz CT molecular complexity index is 925. The van der Waals surface area contributed by atoms with E-state index in [9.17, 15) is 14.7 Å². The number of fused-ring (bicyclic) bond motifs is 1. The zero-order valence-corrected chi connectivity index (χ0v) is 18.6. The number of aliphatic carboxylic acids is 1. The van der Waals surface area contributed by atoms with Gasteiger partial charge in [0, 0.05) is 43.4 Å². The summed E-state index contributed by atoms with van der Waals surface area (Å²) in [6.45, 7) is 6.91. The Morgan fingerprint density at radius 2 is 1.94 bits per heavy atom. The zero-order chi connectivity index (χ0) is 22.4. The molecule has 2 aromatic rings. The van der Waals surface area contributed by atoms with Crippen LogP contribution in [0.3, 0.4) is 0 Å². The molecule has 1 aliphatic heterocycles. The van der Waals surface area contributed by atoms with E-state index >= 15 is 0 Å². The molecule has 1 aliphatic rings.